The fourth-order valence-electron chi connectivity index (χ4n) is 1.62. The predicted octanol–water partition coefficient (Wildman–Crippen LogP) is 2.71. The highest BCUT2D eigenvalue weighted by atomic mass is 16.5. The highest BCUT2D eigenvalue weighted by Gasteiger charge is 2.21. The second-order valence-corrected chi connectivity index (χ2v) is 4.49. The van der Waals surface area contributed by atoms with Crippen LogP contribution in [0.15, 0.2) is 29.4 Å². The van der Waals surface area contributed by atoms with Gasteiger partial charge in [-0.2, -0.15) is 0 Å². The molecule has 0 amide bonds. The molecule has 0 heterocycles. The minimum atomic E-state index is -0.940. The zero-order valence-corrected chi connectivity index (χ0v) is 11.5. The summed E-state index contributed by atoms with van der Waals surface area (Å²) in [5, 5.41) is 2.84. The van der Waals surface area contributed by atoms with Crippen LogP contribution in [0.4, 0.5) is 0 Å². The lowest BCUT2D eigenvalue weighted by Gasteiger charge is -2.12. The third-order valence-electron chi connectivity index (χ3n) is 2.62. The lowest BCUT2D eigenvalue weighted by molar-refractivity contribution is -0.149. The third kappa shape index (κ3) is 5.07. The molecule has 0 fully saturated rings. The first-order valence-corrected chi connectivity index (χ1v) is 6.22. The molecule has 1 atom stereocenters. The molecular formula is C14H19NO4. The quantitative estimate of drug-likeness (QED) is 0.561. The van der Waals surface area contributed by atoms with Gasteiger partial charge in [-0.1, -0.05) is 17.3 Å². The van der Waals surface area contributed by atoms with Crippen LogP contribution >= 0.6 is 0 Å². The van der Waals surface area contributed by atoms with Gasteiger partial charge in [-0.25, -0.2) is 4.79 Å². The first kappa shape index (κ1) is 15.1. The van der Waals surface area contributed by atoms with E-state index in [-0.39, 0.29) is 6.10 Å². The summed E-state index contributed by atoms with van der Waals surface area (Å²) < 4.78 is 10.0. The van der Waals surface area contributed by atoms with Gasteiger partial charge in [-0.3, -0.25) is 0 Å². The Morgan fingerprint density at radius 3 is 2.37 bits per heavy atom. The Kier molecular flexibility index (Phi) is 5.99. The van der Waals surface area contributed by atoms with Crippen molar-refractivity contribution in [3.05, 3.63) is 34.7 Å². The summed E-state index contributed by atoms with van der Waals surface area (Å²) in [6, 6.07) is 6.53. The molecule has 0 saturated heterocycles. The summed E-state index contributed by atoms with van der Waals surface area (Å²) in [4.78, 5) is 22.2. The monoisotopic (exact) mass is 265 g/mol. The fraction of sp³-hybridized carbons (Fsp3) is 0.500. The van der Waals surface area contributed by atoms with E-state index in [0.29, 0.717) is 12.8 Å². The summed E-state index contributed by atoms with van der Waals surface area (Å²) >= 11 is 0. The molecular weight excluding hydrogens is 246 g/mol. The maximum absolute atomic E-state index is 11.6. The van der Waals surface area contributed by atoms with Crippen molar-refractivity contribution >= 4 is 5.97 Å². The number of carbonyl (C=O) groups excluding carboxylic acids is 1. The summed E-state index contributed by atoms with van der Waals surface area (Å²) in [5.74, 6) is 0.214. The van der Waals surface area contributed by atoms with Crippen molar-refractivity contribution in [1.29, 1.82) is 0 Å². The first-order valence-electron chi connectivity index (χ1n) is 6.22. The van der Waals surface area contributed by atoms with Gasteiger partial charge >= 0.3 is 5.97 Å². The topological polar surface area (TPSA) is 65.0 Å². The normalized spacial score (nSPS) is 12.0. The molecule has 19 heavy (non-hydrogen) atoms. The molecule has 0 aliphatic carbocycles. The van der Waals surface area contributed by atoms with E-state index in [1.165, 1.54) is 0 Å². The molecule has 0 radical (unpaired) electrons. The lowest BCUT2D eigenvalue weighted by Crippen LogP contribution is -2.24. The zero-order valence-electron chi connectivity index (χ0n) is 11.5. The van der Waals surface area contributed by atoms with Crippen molar-refractivity contribution < 1.29 is 14.3 Å². The van der Waals surface area contributed by atoms with Crippen LogP contribution < -0.4 is 4.74 Å². The number of hydrogen-bond acceptors (Lipinski definition) is 5. The molecule has 1 aromatic rings. The summed E-state index contributed by atoms with van der Waals surface area (Å²) in [6.45, 7) is 3.48. The Balaban J connectivity index is 2.52. The molecule has 5 heteroatoms. The first-order chi connectivity index (χ1) is 9.06. The van der Waals surface area contributed by atoms with Gasteiger partial charge in [-0.15, -0.1) is 4.91 Å². The molecule has 104 valence electrons. The minimum absolute atomic E-state index is 0.238. The lowest BCUT2D eigenvalue weighted by atomic mass is 10.1. The minimum Gasteiger partial charge on any atom is -0.497 e. The second-order valence-electron chi connectivity index (χ2n) is 4.49. The van der Waals surface area contributed by atoms with Crippen LogP contribution in [0, 0.1) is 4.91 Å². The van der Waals surface area contributed by atoms with Crippen LogP contribution in [0.25, 0.3) is 0 Å². The number of aryl methyl sites for hydroxylation is 1. The average Bonchev–Trinajstić information content (AvgIpc) is 2.39. The van der Waals surface area contributed by atoms with E-state index in [9.17, 15) is 9.70 Å². The summed E-state index contributed by atoms with van der Waals surface area (Å²) in [6.07, 6.45) is 0.701. The number of rotatable bonds is 7. The molecule has 0 spiro atoms. The molecule has 0 bridgehead atoms. The summed E-state index contributed by atoms with van der Waals surface area (Å²) in [7, 11) is 1.60. The third-order valence-corrected chi connectivity index (χ3v) is 2.62. The van der Waals surface area contributed by atoms with Crippen molar-refractivity contribution in [2.45, 2.75) is 38.8 Å². The smallest absolute Gasteiger partial charge is 0.334 e. The molecule has 0 aliphatic rings. The second kappa shape index (κ2) is 7.51. The van der Waals surface area contributed by atoms with Gasteiger partial charge in [0.1, 0.15) is 5.75 Å². The molecule has 1 rings (SSSR count). The number of benzene rings is 1. The number of ether oxygens (including phenoxy) is 2. The average molecular weight is 265 g/mol. The number of esters is 1. The van der Waals surface area contributed by atoms with Crippen molar-refractivity contribution in [2.75, 3.05) is 7.11 Å². The fourth-order valence-corrected chi connectivity index (χ4v) is 1.62. The highest BCUT2D eigenvalue weighted by Crippen LogP contribution is 2.14. The van der Waals surface area contributed by atoms with Crippen molar-refractivity contribution in [3.8, 4) is 5.75 Å². The molecule has 0 aliphatic heterocycles. The standard InChI is InChI=1S/C14H19NO4/c1-10(2)19-14(16)13(15-17)9-6-11-4-7-12(18-3)8-5-11/h4-5,7-8,10,13H,6,9H2,1-3H3. The Hall–Kier alpha value is -1.91. The van der Waals surface area contributed by atoms with E-state index in [4.69, 9.17) is 9.47 Å². The van der Waals surface area contributed by atoms with Crippen LogP contribution in [0.1, 0.15) is 25.8 Å². The number of hydrogen-bond donors (Lipinski definition) is 0. The van der Waals surface area contributed by atoms with Gasteiger partial charge in [0.25, 0.3) is 0 Å². The van der Waals surface area contributed by atoms with Gasteiger partial charge < -0.3 is 9.47 Å². The molecule has 0 aromatic heterocycles. The van der Waals surface area contributed by atoms with Gasteiger partial charge in [0.2, 0.25) is 0 Å². The summed E-state index contributed by atoms with van der Waals surface area (Å²) in [5.41, 5.74) is 1.02. The maximum atomic E-state index is 11.6. The Bertz CT molecular complexity index is 414. The van der Waals surface area contributed by atoms with Gasteiger partial charge in [0.05, 0.1) is 13.2 Å². The van der Waals surface area contributed by atoms with E-state index < -0.39 is 12.0 Å². The van der Waals surface area contributed by atoms with Crippen molar-refractivity contribution in [1.82, 2.24) is 0 Å². The number of methoxy groups -OCH3 is 1. The number of carbonyl (C=O) groups is 1. The predicted molar refractivity (Wildman–Crippen MR) is 72.1 cm³/mol. The highest BCUT2D eigenvalue weighted by molar-refractivity contribution is 5.76. The van der Waals surface area contributed by atoms with Gasteiger partial charge in [0.15, 0.2) is 6.04 Å². The van der Waals surface area contributed by atoms with Crippen LogP contribution in [0.2, 0.25) is 0 Å². The molecule has 1 aromatic carbocycles. The van der Waals surface area contributed by atoms with Gasteiger partial charge in [-0.05, 0) is 44.4 Å². The molecule has 0 saturated carbocycles. The van der Waals surface area contributed by atoms with Crippen LogP contribution in [-0.4, -0.2) is 25.2 Å². The van der Waals surface area contributed by atoms with E-state index >= 15 is 0 Å². The van der Waals surface area contributed by atoms with Gasteiger partial charge in [0, 0.05) is 0 Å². The van der Waals surface area contributed by atoms with Crippen LogP contribution in [0.5, 0.6) is 5.75 Å². The zero-order chi connectivity index (χ0) is 14.3. The molecule has 1 unspecified atom stereocenters. The SMILES string of the molecule is COc1ccc(CCC(N=O)C(=O)OC(C)C)cc1. The van der Waals surface area contributed by atoms with E-state index in [1.54, 1.807) is 21.0 Å². The maximum Gasteiger partial charge on any atom is 0.334 e. The number of nitrogens with zero attached hydrogens (tertiary/aromatic N) is 1. The van der Waals surface area contributed by atoms with E-state index in [1.807, 2.05) is 24.3 Å². The molecule has 5 nitrogen and oxygen atoms in total. The molecule has 0 N–H and O–H groups in total. The Morgan fingerprint density at radius 2 is 1.89 bits per heavy atom. The Morgan fingerprint density at radius 1 is 1.26 bits per heavy atom. The van der Waals surface area contributed by atoms with Crippen molar-refractivity contribution in [2.24, 2.45) is 5.18 Å². The largest absolute Gasteiger partial charge is 0.497 e. The van der Waals surface area contributed by atoms with Crippen LogP contribution in [-0.2, 0) is 16.0 Å². The number of nitroso groups, excluding NO2 is 1. The van der Waals surface area contributed by atoms with E-state index in [2.05, 4.69) is 5.18 Å². The van der Waals surface area contributed by atoms with Crippen LogP contribution in [0.3, 0.4) is 0 Å². The van der Waals surface area contributed by atoms with Crippen molar-refractivity contribution in [3.63, 3.8) is 0 Å². The Labute approximate surface area is 112 Å². The van der Waals surface area contributed by atoms with E-state index in [0.717, 1.165) is 11.3 Å².